The second kappa shape index (κ2) is 9.73. The van der Waals surface area contributed by atoms with Crippen molar-refractivity contribution < 1.29 is 28.7 Å². The number of carbonyl (C=O) groups is 4. The largest absolute Gasteiger partial charge is 0.462 e. The number of aromatic amines is 1. The highest BCUT2D eigenvalue weighted by molar-refractivity contribution is 6.00. The summed E-state index contributed by atoms with van der Waals surface area (Å²) in [4.78, 5) is 52.5. The zero-order valence-corrected chi connectivity index (χ0v) is 17.6. The number of ether oxygens (including phenoxy) is 2. The van der Waals surface area contributed by atoms with Gasteiger partial charge in [-0.05, 0) is 50.6 Å². The number of amides is 2. The van der Waals surface area contributed by atoms with E-state index < -0.39 is 24.5 Å². The van der Waals surface area contributed by atoms with Crippen molar-refractivity contribution in [3.63, 3.8) is 0 Å². The van der Waals surface area contributed by atoms with Gasteiger partial charge in [0.25, 0.3) is 11.8 Å². The zero-order chi connectivity index (χ0) is 22.4. The Balaban J connectivity index is 1.97. The molecule has 0 unspecified atom stereocenters. The van der Waals surface area contributed by atoms with Gasteiger partial charge in [0, 0.05) is 31.0 Å². The van der Waals surface area contributed by atoms with E-state index in [0.717, 1.165) is 0 Å². The summed E-state index contributed by atoms with van der Waals surface area (Å²) in [7, 11) is 3.30. The van der Waals surface area contributed by atoms with Gasteiger partial charge in [-0.15, -0.1) is 0 Å². The van der Waals surface area contributed by atoms with Gasteiger partial charge in [0.2, 0.25) is 0 Å². The molecule has 0 aliphatic rings. The van der Waals surface area contributed by atoms with Crippen molar-refractivity contribution in [1.29, 1.82) is 0 Å². The van der Waals surface area contributed by atoms with E-state index in [1.54, 1.807) is 59.1 Å². The van der Waals surface area contributed by atoms with Gasteiger partial charge in [-0.2, -0.15) is 0 Å². The molecule has 2 aromatic rings. The Labute approximate surface area is 174 Å². The molecule has 0 bridgehead atoms. The van der Waals surface area contributed by atoms with Crippen molar-refractivity contribution >= 4 is 29.4 Å². The summed E-state index contributed by atoms with van der Waals surface area (Å²) in [5.74, 6) is -1.98. The SMILES string of the molecule is CCOC(=O)c1c(C)[nH]c(C(=O)OCC(=O)Nc2ccc(C(=O)N(C)C)cc2)c1C. The number of carbonyl (C=O) groups excluding carboxylic acids is 4. The van der Waals surface area contributed by atoms with Crippen LogP contribution in [0.4, 0.5) is 5.69 Å². The van der Waals surface area contributed by atoms with E-state index >= 15 is 0 Å². The molecule has 160 valence electrons. The fourth-order valence-electron chi connectivity index (χ4n) is 2.82. The van der Waals surface area contributed by atoms with Crippen LogP contribution in [0.1, 0.15) is 49.4 Å². The molecule has 0 atom stereocenters. The smallest absolute Gasteiger partial charge is 0.355 e. The van der Waals surface area contributed by atoms with Gasteiger partial charge in [-0.3, -0.25) is 9.59 Å². The minimum atomic E-state index is -0.756. The summed E-state index contributed by atoms with van der Waals surface area (Å²) >= 11 is 0. The quantitative estimate of drug-likeness (QED) is 0.670. The predicted octanol–water partition coefficient (Wildman–Crippen LogP) is 2.31. The van der Waals surface area contributed by atoms with Gasteiger partial charge < -0.3 is 24.7 Å². The van der Waals surface area contributed by atoms with Crippen LogP contribution in [-0.2, 0) is 14.3 Å². The number of hydrogen-bond donors (Lipinski definition) is 2. The zero-order valence-electron chi connectivity index (χ0n) is 17.6. The Morgan fingerprint density at radius 2 is 1.63 bits per heavy atom. The first-order valence-electron chi connectivity index (χ1n) is 9.30. The number of H-pyrrole nitrogens is 1. The maximum absolute atomic E-state index is 12.3. The molecule has 0 radical (unpaired) electrons. The molecule has 1 heterocycles. The number of benzene rings is 1. The van der Waals surface area contributed by atoms with Gasteiger partial charge in [0.1, 0.15) is 5.69 Å². The lowest BCUT2D eigenvalue weighted by Gasteiger charge is -2.11. The van der Waals surface area contributed by atoms with Crippen LogP contribution in [0.15, 0.2) is 24.3 Å². The molecule has 0 spiro atoms. The fraction of sp³-hybridized carbons (Fsp3) is 0.333. The van der Waals surface area contributed by atoms with Crippen LogP contribution < -0.4 is 5.32 Å². The first kappa shape index (κ1) is 22.7. The summed E-state index contributed by atoms with van der Waals surface area (Å²) < 4.78 is 10.0. The maximum atomic E-state index is 12.3. The van der Waals surface area contributed by atoms with Crippen LogP contribution in [0.2, 0.25) is 0 Å². The summed E-state index contributed by atoms with van der Waals surface area (Å²) in [6.07, 6.45) is 0. The molecule has 9 heteroatoms. The average Bonchev–Trinajstić information content (AvgIpc) is 3.00. The van der Waals surface area contributed by atoms with E-state index in [1.807, 2.05) is 0 Å². The number of hydrogen-bond acceptors (Lipinski definition) is 6. The van der Waals surface area contributed by atoms with E-state index in [4.69, 9.17) is 9.47 Å². The van der Waals surface area contributed by atoms with Crippen molar-refractivity contribution in [2.75, 3.05) is 32.6 Å². The number of anilines is 1. The van der Waals surface area contributed by atoms with Gasteiger partial charge in [-0.25, -0.2) is 9.59 Å². The normalized spacial score (nSPS) is 10.3. The molecular formula is C21H25N3O6. The van der Waals surface area contributed by atoms with E-state index in [2.05, 4.69) is 10.3 Å². The molecule has 0 saturated carbocycles. The Morgan fingerprint density at radius 3 is 2.20 bits per heavy atom. The number of nitrogens with one attached hydrogen (secondary N) is 2. The highest BCUT2D eigenvalue weighted by atomic mass is 16.5. The molecule has 30 heavy (non-hydrogen) atoms. The topological polar surface area (TPSA) is 118 Å². The predicted molar refractivity (Wildman–Crippen MR) is 110 cm³/mol. The van der Waals surface area contributed by atoms with Crippen molar-refractivity contribution in [2.24, 2.45) is 0 Å². The third kappa shape index (κ3) is 5.25. The molecule has 2 N–H and O–H groups in total. The van der Waals surface area contributed by atoms with Gasteiger partial charge >= 0.3 is 11.9 Å². The van der Waals surface area contributed by atoms with E-state index in [1.165, 1.54) is 4.90 Å². The molecule has 0 fully saturated rings. The van der Waals surface area contributed by atoms with Crippen molar-refractivity contribution in [1.82, 2.24) is 9.88 Å². The fourth-order valence-corrected chi connectivity index (χ4v) is 2.82. The number of aromatic nitrogens is 1. The van der Waals surface area contributed by atoms with Gasteiger partial charge in [-0.1, -0.05) is 0 Å². The Bertz CT molecular complexity index is 960. The minimum Gasteiger partial charge on any atom is -0.462 e. The molecule has 9 nitrogen and oxygen atoms in total. The van der Waals surface area contributed by atoms with Crippen LogP contribution >= 0.6 is 0 Å². The molecule has 2 rings (SSSR count). The van der Waals surface area contributed by atoms with E-state index in [0.29, 0.717) is 22.5 Å². The molecular weight excluding hydrogens is 390 g/mol. The Kier molecular flexibility index (Phi) is 7.35. The summed E-state index contributed by atoms with van der Waals surface area (Å²) in [5.41, 5.74) is 2.20. The van der Waals surface area contributed by atoms with Gasteiger partial charge in [0.05, 0.1) is 12.2 Å². The molecule has 0 aliphatic carbocycles. The Hall–Kier alpha value is -3.62. The average molecular weight is 415 g/mol. The number of nitrogens with zero attached hydrogens (tertiary/aromatic N) is 1. The van der Waals surface area contributed by atoms with Crippen LogP contribution in [0.25, 0.3) is 0 Å². The Morgan fingerprint density at radius 1 is 1.00 bits per heavy atom. The lowest BCUT2D eigenvalue weighted by Crippen LogP contribution is -2.22. The van der Waals surface area contributed by atoms with Crippen molar-refractivity contribution in [3.05, 3.63) is 52.3 Å². The molecule has 2 amide bonds. The van der Waals surface area contributed by atoms with E-state index in [9.17, 15) is 19.2 Å². The van der Waals surface area contributed by atoms with Crippen LogP contribution in [0.3, 0.4) is 0 Å². The second-order valence-corrected chi connectivity index (χ2v) is 6.75. The molecule has 0 saturated heterocycles. The molecule has 0 aliphatic heterocycles. The lowest BCUT2D eigenvalue weighted by atomic mass is 10.1. The van der Waals surface area contributed by atoms with Crippen molar-refractivity contribution in [2.45, 2.75) is 20.8 Å². The molecule has 1 aromatic heterocycles. The first-order chi connectivity index (χ1) is 14.1. The molecule has 1 aromatic carbocycles. The number of aryl methyl sites for hydroxylation is 1. The van der Waals surface area contributed by atoms with Crippen molar-refractivity contribution in [3.8, 4) is 0 Å². The second-order valence-electron chi connectivity index (χ2n) is 6.75. The first-order valence-corrected chi connectivity index (χ1v) is 9.30. The van der Waals surface area contributed by atoms with Gasteiger partial charge in [0.15, 0.2) is 6.61 Å². The highest BCUT2D eigenvalue weighted by Crippen LogP contribution is 2.20. The van der Waals surface area contributed by atoms with E-state index in [-0.39, 0.29) is 23.8 Å². The third-order valence-corrected chi connectivity index (χ3v) is 4.28. The summed E-state index contributed by atoms with van der Waals surface area (Å²) in [6, 6.07) is 6.35. The van der Waals surface area contributed by atoms with Crippen LogP contribution in [0, 0.1) is 13.8 Å². The van der Waals surface area contributed by atoms with Crippen LogP contribution in [0.5, 0.6) is 0 Å². The summed E-state index contributed by atoms with van der Waals surface area (Å²) in [6.45, 7) is 4.64. The minimum absolute atomic E-state index is 0.0925. The monoisotopic (exact) mass is 415 g/mol. The summed E-state index contributed by atoms with van der Waals surface area (Å²) in [5, 5.41) is 2.58. The standard InChI is InChI=1S/C21H25N3O6/c1-6-29-20(27)17-12(2)18(22-13(17)3)21(28)30-11-16(25)23-15-9-7-14(8-10-15)19(26)24(4)5/h7-10,22H,6,11H2,1-5H3,(H,23,25). The number of rotatable bonds is 7. The number of esters is 2. The maximum Gasteiger partial charge on any atom is 0.355 e. The lowest BCUT2D eigenvalue weighted by molar-refractivity contribution is -0.119. The third-order valence-electron chi connectivity index (χ3n) is 4.28. The van der Waals surface area contributed by atoms with Crippen LogP contribution in [-0.4, -0.2) is 60.9 Å². The highest BCUT2D eigenvalue weighted by Gasteiger charge is 2.24.